The van der Waals surface area contributed by atoms with Crippen LogP contribution in [-0.2, 0) is 19.4 Å². The summed E-state index contributed by atoms with van der Waals surface area (Å²) in [4.78, 5) is 16.0. The van der Waals surface area contributed by atoms with Gasteiger partial charge in [-0.15, -0.1) is 0 Å². The molecule has 0 saturated carbocycles. The van der Waals surface area contributed by atoms with E-state index in [2.05, 4.69) is 43.3 Å². The summed E-state index contributed by atoms with van der Waals surface area (Å²) < 4.78 is 13.9. The van der Waals surface area contributed by atoms with E-state index in [4.69, 9.17) is 0 Å². The van der Waals surface area contributed by atoms with Crippen molar-refractivity contribution in [1.29, 1.82) is 0 Å². The maximum Gasteiger partial charge on any atom is 0.255 e. The lowest BCUT2D eigenvalue weighted by Crippen LogP contribution is -2.40. The Balaban J connectivity index is 1.53. The largest absolute Gasteiger partial charge is 0.331 e. The monoisotopic (exact) mass is 435 g/mol. The molecule has 4 aromatic rings. The van der Waals surface area contributed by atoms with Gasteiger partial charge in [0.25, 0.3) is 5.91 Å². The molecule has 4 aromatic carbocycles. The van der Waals surface area contributed by atoms with Gasteiger partial charge in [0.1, 0.15) is 5.82 Å². The molecule has 1 aliphatic carbocycles. The van der Waals surface area contributed by atoms with Gasteiger partial charge in [0.2, 0.25) is 0 Å². The molecule has 0 fully saturated rings. The second kappa shape index (κ2) is 9.03. The summed E-state index contributed by atoms with van der Waals surface area (Å²) in [7, 11) is 0. The van der Waals surface area contributed by atoms with E-state index in [1.54, 1.807) is 6.07 Å². The van der Waals surface area contributed by atoms with Gasteiger partial charge in [0.05, 0.1) is 0 Å². The Hall–Kier alpha value is -3.72. The standard InChI is InChI=1S/C30H26FNO/c1-21-13-15-23(16-14-21)28-11-4-5-12-29(28)30(33)32(20-22-7-6-10-26(31)17-22)27-18-24-8-2-3-9-25(24)19-27/h2-17,27H,18-20H2,1H3. The van der Waals surface area contributed by atoms with Crippen LogP contribution in [0.25, 0.3) is 11.1 Å². The van der Waals surface area contributed by atoms with Crippen molar-refractivity contribution in [3.8, 4) is 11.1 Å². The number of aryl methyl sites for hydroxylation is 1. The molecule has 5 rings (SSSR count). The number of carbonyl (C=O) groups excluding carboxylic acids is 1. The maximum atomic E-state index is 14.1. The van der Waals surface area contributed by atoms with Crippen LogP contribution < -0.4 is 0 Å². The zero-order valence-electron chi connectivity index (χ0n) is 18.7. The zero-order chi connectivity index (χ0) is 22.8. The van der Waals surface area contributed by atoms with Gasteiger partial charge in [-0.3, -0.25) is 4.79 Å². The highest BCUT2D eigenvalue weighted by Gasteiger charge is 2.31. The van der Waals surface area contributed by atoms with Crippen LogP contribution >= 0.6 is 0 Å². The molecule has 0 aromatic heterocycles. The Bertz CT molecular complexity index is 1270. The molecular weight excluding hydrogens is 409 g/mol. The number of nitrogens with zero attached hydrogens (tertiary/aromatic N) is 1. The molecule has 0 saturated heterocycles. The molecule has 0 spiro atoms. The van der Waals surface area contributed by atoms with Crippen LogP contribution in [0.4, 0.5) is 4.39 Å². The summed E-state index contributed by atoms with van der Waals surface area (Å²) in [6.45, 7) is 2.43. The summed E-state index contributed by atoms with van der Waals surface area (Å²) in [5, 5.41) is 0. The summed E-state index contributed by atoms with van der Waals surface area (Å²) >= 11 is 0. The Morgan fingerprint density at radius 2 is 1.52 bits per heavy atom. The van der Waals surface area contributed by atoms with Gasteiger partial charge in [-0.25, -0.2) is 4.39 Å². The molecular formula is C30H26FNO. The first-order chi connectivity index (χ1) is 16.1. The zero-order valence-corrected chi connectivity index (χ0v) is 18.7. The number of amides is 1. The first kappa shape index (κ1) is 21.1. The molecule has 0 unspecified atom stereocenters. The van der Waals surface area contributed by atoms with E-state index >= 15 is 0 Å². The number of benzene rings is 4. The summed E-state index contributed by atoms with van der Waals surface area (Å²) in [6, 6.07) is 31.0. The van der Waals surface area contributed by atoms with E-state index < -0.39 is 0 Å². The lowest BCUT2D eigenvalue weighted by molar-refractivity contribution is 0.0668. The molecule has 164 valence electrons. The fourth-order valence-corrected chi connectivity index (χ4v) is 4.76. The van der Waals surface area contributed by atoms with Crippen LogP contribution in [0.15, 0.2) is 97.1 Å². The van der Waals surface area contributed by atoms with Crippen molar-refractivity contribution in [2.45, 2.75) is 32.4 Å². The highest BCUT2D eigenvalue weighted by Crippen LogP contribution is 2.31. The van der Waals surface area contributed by atoms with Crippen LogP contribution in [0.2, 0.25) is 0 Å². The SMILES string of the molecule is Cc1ccc(-c2ccccc2C(=O)N(Cc2cccc(F)c2)C2Cc3ccccc3C2)cc1. The summed E-state index contributed by atoms with van der Waals surface area (Å²) in [5.41, 5.74) is 7.16. The van der Waals surface area contributed by atoms with Crippen LogP contribution in [0.3, 0.4) is 0 Å². The van der Waals surface area contributed by atoms with E-state index in [1.165, 1.54) is 28.8 Å². The van der Waals surface area contributed by atoms with Crippen molar-refractivity contribution in [3.05, 3.63) is 131 Å². The highest BCUT2D eigenvalue weighted by atomic mass is 19.1. The minimum absolute atomic E-state index is 0.0201. The van der Waals surface area contributed by atoms with E-state index in [1.807, 2.05) is 47.4 Å². The molecule has 0 bridgehead atoms. The first-order valence-electron chi connectivity index (χ1n) is 11.4. The molecule has 0 radical (unpaired) electrons. The Labute approximate surface area is 194 Å². The van der Waals surface area contributed by atoms with Crippen molar-refractivity contribution in [3.63, 3.8) is 0 Å². The van der Waals surface area contributed by atoms with Gasteiger partial charge in [-0.1, -0.05) is 84.4 Å². The summed E-state index contributed by atoms with van der Waals surface area (Å²) in [6.07, 6.45) is 1.62. The van der Waals surface area contributed by atoms with Crippen molar-refractivity contribution < 1.29 is 9.18 Å². The van der Waals surface area contributed by atoms with E-state index in [9.17, 15) is 9.18 Å². The average Bonchev–Trinajstić information content (AvgIpc) is 3.27. The quantitative estimate of drug-likeness (QED) is 0.345. The topological polar surface area (TPSA) is 20.3 Å². The number of hydrogen-bond donors (Lipinski definition) is 0. The molecule has 2 nitrogen and oxygen atoms in total. The molecule has 0 N–H and O–H groups in total. The molecule has 0 aliphatic heterocycles. The smallest absolute Gasteiger partial charge is 0.255 e. The molecule has 3 heteroatoms. The van der Waals surface area contributed by atoms with E-state index in [-0.39, 0.29) is 17.8 Å². The van der Waals surface area contributed by atoms with Crippen molar-refractivity contribution in [2.24, 2.45) is 0 Å². The Morgan fingerprint density at radius 3 is 2.21 bits per heavy atom. The fraction of sp³-hybridized carbons (Fsp3) is 0.167. The molecule has 0 heterocycles. The van der Waals surface area contributed by atoms with Gasteiger partial charge in [0.15, 0.2) is 0 Å². The van der Waals surface area contributed by atoms with Crippen LogP contribution in [0.1, 0.15) is 32.6 Å². The van der Waals surface area contributed by atoms with Gasteiger partial charge < -0.3 is 4.90 Å². The third kappa shape index (κ3) is 4.45. The number of hydrogen-bond acceptors (Lipinski definition) is 1. The molecule has 1 amide bonds. The molecule has 1 aliphatic rings. The maximum absolute atomic E-state index is 14.1. The fourth-order valence-electron chi connectivity index (χ4n) is 4.76. The third-order valence-electron chi connectivity index (χ3n) is 6.49. The minimum atomic E-state index is -0.283. The number of fused-ring (bicyclic) bond motifs is 1. The lowest BCUT2D eigenvalue weighted by Gasteiger charge is -2.30. The van der Waals surface area contributed by atoms with Gasteiger partial charge in [0, 0.05) is 18.2 Å². The van der Waals surface area contributed by atoms with Crippen molar-refractivity contribution in [2.75, 3.05) is 0 Å². The predicted molar refractivity (Wildman–Crippen MR) is 131 cm³/mol. The summed E-state index contributed by atoms with van der Waals surface area (Å²) in [5.74, 6) is -0.303. The van der Waals surface area contributed by atoms with Crippen LogP contribution in [-0.4, -0.2) is 16.8 Å². The van der Waals surface area contributed by atoms with Gasteiger partial charge in [-0.05, 0) is 65.8 Å². The molecule has 0 atom stereocenters. The van der Waals surface area contributed by atoms with E-state index in [0.717, 1.165) is 29.5 Å². The first-order valence-corrected chi connectivity index (χ1v) is 11.4. The number of rotatable bonds is 5. The lowest BCUT2D eigenvalue weighted by atomic mass is 9.97. The Kier molecular flexibility index (Phi) is 5.78. The Morgan fingerprint density at radius 1 is 0.848 bits per heavy atom. The second-order valence-corrected chi connectivity index (χ2v) is 8.81. The van der Waals surface area contributed by atoms with Gasteiger partial charge >= 0.3 is 0 Å². The average molecular weight is 436 g/mol. The predicted octanol–water partition coefficient (Wildman–Crippen LogP) is 6.61. The number of halogens is 1. The normalized spacial score (nSPS) is 13.0. The van der Waals surface area contributed by atoms with Crippen LogP contribution in [0.5, 0.6) is 0 Å². The number of carbonyl (C=O) groups is 1. The van der Waals surface area contributed by atoms with Gasteiger partial charge in [-0.2, -0.15) is 0 Å². The van der Waals surface area contributed by atoms with Crippen LogP contribution in [0, 0.1) is 12.7 Å². The molecule has 33 heavy (non-hydrogen) atoms. The van der Waals surface area contributed by atoms with E-state index in [0.29, 0.717) is 12.1 Å². The van der Waals surface area contributed by atoms with Crippen molar-refractivity contribution in [1.82, 2.24) is 4.90 Å². The highest BCUT2D eigenvalue weighted by molar-refractivity contribution is 6.01. The second-order valence-electron chi connectivity index (χ2n) is 8.81. The third-order valence-corrected chi connectivity index (χ3v) is 6.49. The van der Waals surface area contributed by atoms with Crippen molar-refractivity contribution >= 4 is 5.91 Å². The minimum Gasteiger partial charge on any atom is -0.331 e.